The Kier molecular flexibility index (Phi) is 5.32. The Labute approximate surface area is 95.5 Å². The Balaban J connectivity index is 2.41. The van der Waals surface area contributed by atoms with E-state index in [0.717, 1.165) is 17.4 Å². The molecule has 0 saturated carbocycles. The summed E-state index contributed by atoms with van der Waals surface area (Å²) in [5, 5.41) is 0.930. The Hall–Kier alpha value is -0.150. The molecule has 0 aromatic heterocycles. The van der Waals surface area contributed by atoms with Gasteiger partial charge in [0.15, 0.2) is 0 Å². The first-order chi connectivity index (χ1) is 6.33. The van der Waals surface area contributed by atoms with E-state index in [4.69, 9.17) is 0 Å². The summed E-state index contributed by atoms with van der Waals surface area (Å²) in [6, 6.07) is 10.1. The molecule has 0 saturated heterocycles. The van der Waals surface area contributed by atoms with Gasteiger partial charge in [0.1, 0.15) is 0 Å². The highest BCUT2D eigenvalue weighted by molar-refractivity contribution is 9.12. The molecule has 0 heterocycles. The molecule has 70 valence electrons. The summed E-state index contributed by atoms with van der Waals surface area (Å²) in [4.78, 5) is 4.73. The first kappa shape index (κ1) is 10.9. The zero-order valence-electron chi connectivity index (χ0n) is 7.16. The average molecular weight is 305 g/mol. The highest BCUT2D eigenvalue weighted by Gasteiger charge is 1.97. The Bertz CT molecular complexity index is 259. The van der Waals surface area contributed by atoms with Crippen molar-refractivity contribution in [3.05, 3.63) is 35.9 Å². The summed E-state index contributed by atoms with van der Waals surface area (Å²) >= 11 is 6.87. The third-order valence-corrected chi connectivity index (χ3v) is 3.77. The van der Waals surface area contributed by atoms with Gasteiger partial charge in [-0.1, -0.05) is 62.2 Å². The number of rotatable bonds is 4. The molecule has 1 rings (SSSR count). The van der Waals surface area contributed by atoms with Gasteiger partial charge in [0.25, 0.3) is 0 Å². The van der Waals surface area contributed by atoms with Crippen molar-refractivity contribution in [3.8, 4) is 0 Å². The second-order valence-corrected chi connectivity index (χ2v) is 4.60. The van der Waals surface area contributed by atoms with Crippen LogP contribution in [0.15, 0.2) is 35.3 Å². The molecular weight excluding hydrogens is 294 g/mol. The van der Waals surface area contributed by atoms with Crippen molar-refractivity contribution in [1.82, 2.24) is 0 Å². The predicted octanol–water partition coefficient (Wildman–Crippen LogP) is 3.26. The highest BCUT2D eigenvalue weighted by atomic mass is 79.9. The minimum atomic E-state index is 0.424. The van der Waals surface area contributed by atoms with E-state index >= 15 is 0 Å². The van der Waals surface area contributed by atoms with Crippen LogP contribution in [0.3, 0.4) is 0 Å². The van der Waals surface area contributed by atoms with Crippen LogP contribution in [0, 0.1) is 0 Å². The second kappa shape index (κ2) is 6.33. The van der Waals surface area contributed by atoms with Crippen molar-refractivity contribution in [2.45, 2.75) is 4.83 Å². The fraction of sp³-hybridized carbons (Fsp3) is 0.300. The standard InChI is InChI=1S/C10H11Br2N/c11-6-10(12)8-13-7-9-4-2-1-3-5-9/h1-5,7,10H,6,8H2/t10-/m1/s1. The monoisotopic (exact) mass is 303 g/mol. The van der Waals surface area contributed by atoms with Crippen molar-refractivity contribution in [2.24, 2.45) is 4.99 Å². The van der Waals surface area contributed by atoms with Crippen molar-refractivity contribution >= 4 is 38.1 Å². The Morgan fingerprint density at radius 3 is 2.62 bits per heavy atom. The lowest BCUT2D eigenvalue weighted by Gasteiger charge is -1.98. The van der Waals surface area contributed by atoms with Crippen LogP contribution in [0.2, 0.25) is 0 Å². The molecule has 13 heavy (non-hydrogen) atoms. The molecule has 0 aliphatic heterocycles. The average Bonchev–Trinajstić information content (AvgIpc) is 2.19. The summed E-state index contributed by atoms with van der Waals surface area (Å²) in [6.07, 6.45) is 1.90. The molecule has 0 aliphatic carbocycles. The fourth-order valence-electron chi connectivity index (χ4n) is 0.860. The number of nitrogens with zero attached hydrogens (tertiary/aromatic N) is 1. The van der Waals surface area contributed by atoms with Gasteiger partial charge < -0.3 is 0 Å². The maximum Gasteiger partial charge on any atom is 0.0523 e. The Morgan fingerprint density at radius 2 is 2.00 bits per heavy atom. The molecule has 0 aliphatic rings. The van der Waals surface area contributed by atoms with Gasteiger partial charge in [-0.05, 0) is 5.56 Å². The van der Waals surface area contributed by atoms with Gasteiger partial charge in [-0.2, -0.15) is 0 Å². The van der Waals surface area contributed by atoms with E-state index in [-0.39, 0.29) is 0 Å². The van der Waals surface area contributed by atoms with Crippen LogP contribution in [0.1, 0.15) is 5.56 Å². The van der Waals surface area contributed by atoms with E-state index in [2.05, 4.69) is 36.9 Å². The lowest BCUT2D eigenvalue weighted by Crippen LogP contribution is -2.03. The fourth-order valence-corrected chi connectivity index (χ4v) is 1.23. The number of halogens is 2. The summed E-state index contributed by atoms with van der Waals surface area (Å²) in [5.74, 6) is 0. The van der Waals surface area contributed by atoms with Crippen molar-refractivity contribution < 1.29 is 0 Å². The Morgan fingerprint density at radius 1 is 1.31 bits per heavy atom. The minimum absolute atomic E-state index is 0.424. The molecule has 0 unspecified atom stereocenters. The summed E-state index contributed by atoms with van der Waals surface area (Å²) in [5.41, 5.74) is 1.15. The van der Waals surface area contributed by atoms with Gasteiger partial charge in [0.2, 0.25) is 0 Å². The van der Waals surface area contributed by atoms with Crippen LogP contribution in [0.25, 0.3) is 0 Å². The second-order valence-electron chi connectivity index (χ2n) is 2.66. The van der Waals surface area contributed by atoms with Crippen LogP contribution in [-0.2, 0) is 0 Å². The molecule has 1 aromatic rings. The van der Waals surface area contributed by atoms with Crippen LogP contribution < -0.4 is 0 Å². The normalized spacial score (nSPS) is 13.4. The topological polar surface area (TPSA) is 12.4 Å². The maximum absolute atomic E-state index is 4.31. The lowest BCUT2D eigenvalue weighted by atomic mass is 10.2. The number of benzene rings is 1. The van der Waals surface area contributed by atoms with E-state index in [1.54, 1.807) is 0 Å². The molecule has 1 aromatic carbocycles. The molecule has 0 radical (unpaired) electrons. The molecular formula is C10H11Br2N. The number of hydrogen-bond acceptors (Lipinski definition) is 1. The number of alkyl halides is 2. The van der Waals surface area contributed by atoms with Gasteiger partial charge in [-0.15, -0.1) is 0 Å². The largest absolute Gasteiger partial charge is 0.291 e. The molecule has 3 heteroatoms. The van der Waals surface area contributed by atoms with Gasteiger partial charge in [-0.3, -0.25) is 4.99 Å². The zero-order chi connectivity index (χ0) is 9.52. The van der Waals surface area contributed by atoms with E-state index in [9.17, 15) is 0 Å². The van der Waals surface area contributed by atoms with Gasteiger partial charge >= 0.3 is 0 Å². The first-order valence-electron chi connectivity index (χ1n) is 4.08. The number of aliphatic imine (C=N–C) groups is 1. The smallest absolute Gasteiger partial charge is 0.0523 e. The molecule has 0 fully saturated rings. The van der Waals surface area contributed by atoms with Crippen LogP contribution in [0.5, 0.6) is 0 Å². The molecule has 0 amide bonds. The van der Waals surface area contributed by atoms with Crippen LogP contribution in [-0.4, -0.2) is 22.9 Å². The lowest BCUT2D eigenvalue weighted by molar-refractivity contribution is 0.989. The van der Waals surface area contributed by atoms with E-state index < -0.39 is 0 Å². The van der Waals surface area contributed by atoms with Crippen LogP contribution >= 0.6 is 31.9 Å². The molecule has 1 atom stereocenters. The SMILES string of the molecule is BrC[C@@H](Br)CN=Cc1ccccc1. The summed E-state index contributed by atoms with van der Waals surface area (Å²) in [6.45, 7) is 0.806. The molecule has 0 spiro atoms. The highest BCUT2D eigenvalue weighted by Crippen LogP contribution is 2.03. The maximum atomic E-state index is 4.31. The van der Waals surface area contributed by atoms with E-state index in [0.29, 0.717) is 4.83 Å². The zero-order valence-corrected chi connectivity index (χ0v) is 10.3. The van der Waals surface area contributed by atoms with Crippen molar-refractivity contribution in [3.63, 3.8) is 0 Å². The number of hydrogen-bond donors (Lipinski definition) is 0. The summed E-state index contributed by atoms with van der Waals surface area (Å²) < 4.78 is 0. The molecule has 0 N–H and O–H groups in total. The summed E-state index contributed by atoms with van der Waals surface area (Å²) in [7, 11) is 0. The van der Waals surface area contributed by atoms with Gasteiger partial charge in [0, 0.05) is 16.4 Å². The van der Waals surface area contributed by atoms with E-state index in [1.807, 2.05) is 36.5 Å². The first-order valence-corrected chi connectivity index (χ1v) is 6.11. The van der Waals surface area contributed by atoms with Crippen molar-refractivity contribution in [1.29, 1.82) is 0 Å². The van der Waals surface area contributed by atoms with Crippen molar-refractivity contribution in [2.75, 3.05) is 11.9 Å². The molecule has 0 bridgehead atoms. The molecule has 1 nitrogen and oxygen atoms in total. The third kappa shape index (κ3) is 4.58. The quantitative estimate of drug-likeness (QED) is 0.598. The minimum Gasteiger partial charge on any atom is -0.291 e. The van der Waals surface area contributed by atoms with Crippen LogP contribution in [0.4, 0.5) is 0 Å². The van der Waals surface area contributed by atoms with Gasteiger partial charge in [0.05, 0.1) is 6.54 Å². The predicted molar refractivity (Wildman–Crippen MR) is 65.4 cm³/mol. The van der Waals surface area contributed by atoms with Gasteiger partial charge in [-0.25, -0.2) is 0 Å². The third-order valence-electron chi connectivity index (χ3n) is 1.51. The van der Waals surface area contributed by atoms with E-state index in [1.165, 1.54) is 0 Å².